The lowest BCUT2D eigenvalue weighted by Crippen LogP contribution is -2.37. The normalized spacial score (nSPS) is 18.3. The molecule has 1 fully saturated rings. The maximum absolute atomic E-state index is 12.0. The van der Waals surface area contributed by atoms with Crippen molar-refractivity contribution in [2.45, 2.75) is 18.9 Å². The van der Waals surface area contributed by atoms with E-state index in [1.807, 2.05) is 0 Å². The van der Waals surface area contributed by atoms with Crippen molar-refractivity contribution in [2.75, 3.05) is 27.2 Å². The first kappa shape index (κ1) is 13.5. The SMILES string of the molecule is CNC(=O)CN(C)C(=O)c1noc(C2CCCN2)n1. The molecule has 8 heteroatoms. The second-order valence-electron chi connectivity index (χ2n) is 4.44. The van der Waals surface area contributed by atoms with E-state index < -0.39 is 5.91 Å². The molecule has 19 heavy (non-hydrogen) atoms. The minimum absolute atomic E-state index is 0.0184. The molecule has 2 rings (SSSR count). The Balaban J connectivity index is 2.01. The summed E-state index contributed by atoms with van der Waals surface area (Å²) in [7, 11) is 3.03. The second kappa shape index (κ2) is 5.79. The lowest BCUT2D eigenvalue weighted by molar-refractivity contribution is -0.121. The number of likely N-dealkylation sites (N-methyl/N-ethyl adjacent to an activating group) is 2. The largest absolute Gasteiger partial charge is 0.358 e. The lowest BCUT2D eigenvalue weighted by atomic mass is 10.2. The van der Waals surface area contributed by atoms with Crippen LogP contribution in [0.25, 0.3) is 0 Å². The van der Waals surface area contributed by atoms with Crippen LogP contribution in [0.1, 0.15) is 35.4 Å². The number of carbonyl (C=O) groups excluding carboxylic acids is 2. The van der Waals surface area contributed by atoms with Gasteiger partial charge in [-0.15, -0.1) is 0 Å². The first-order chi connectivity index (χ1) is 9.11. The Bertz CT molecular complexity index is 467. The average Bonchev–Trinajstić information content (AvgIpc) is 3.07. The molecule has 1 saturated heterocycles. The molecule has 1 atom stereocenters. The number of nitrogens with zero attached hydrogens (tertiary/aromatic N) is 3. The van der Waals surface area contributed by atoms with Crippen molar-refractivity contribution in [3.8, 4) is 0 Å². The summed E-state index contributed by atoms with van der Waals surface area (Å²) in [5, 5.41) is 9.32. The molecule has 2 heterocycles. The summed E-state index contributed by atoms with van der Waals surface area (Å²) in [6.45, 7) is 0.869. The first-order valence-corrected chi connectivity index (χ1v) is 6.15. The number of aromatic nitrogens is 2. The molecule has 1 aliphatic heterocycles. The molecule has 2 N–H and O–H groups in total. The van der Waals surface area contributed by atoms with Crippen molar-refractivity contribution >= 4 is 11.8 Å². The van der Waals surface area contributed by atoms with Crippen LogP contribution in [0.3, 0.4) is 0 Å². The van der Waals surface area contributed by atoms with E-state index in [1.165, 1.54) is 19.0 Å². The van der Waals surface area contributed by atoms with Gasteiger partial charge < -0.3 is 20.1 Å². The number of amides is 2. The molecular formula is C11H17N5O3. The number of nitrogens with one attached hydrogen (secondary N) is 2. The number of rotatable bonds is 4. The van der Waals surface area contributed by atoms with E-state index in [0.29, 0.717) is 5.89 Å². The predicted octanol–water partition coefficient (Wildman–Crippen LogP) is -0.688. The fraction of sp³-hybridized carbons (Fsp3) is 0.636. The summed E-state index contributed by atoms with van der Waals surface area (Å²) < 4.78 is 5.08. The summed E-state index contributed by atoms with van der Waals surface area (Å²) in [5.41, 5.74) is 0. The lowest BCUT2D eigenvalue weighted by Gasteiger charge is -2.13. The van der Waals surface area contributed by atoms with Gasteiger partial charge in [0, 0.05) is 14.1 Å². The fourth-order valence-corrected chi connectivity index (χ4v) is 1.90. The van der Waals surface area contributed by atoms with E-state index in [-0.39, 0.29) is 24.3 Å². The Morgan fingerprint density at radius 2 is 2.37 bits per heavy atom. The van der Waals surface area contributed by atoms with Gasteiger partial charge in [-0.25, -0.2) is 0 Å². The quantitative estimate of drug-likeness (QED) is 0.749. The van der Waals surface area contributed by atoms with Crippen LogP contribution in [-0.2, 0) is 4.79 Å². The molecule has 1 aliphatic rings. The van der Waals surface area contributed by atoms with Crippen LogP contribution in [0.5, 0.6) is 0 Å². The molecular weight excluding hydrogens is 250 g/mol. The molecule has 1 unspecified atom stereocenters. The Labute approximate surface area is 110 Å². The maximum atomic E-state index is 12.0. The monoisotopic (exact) mass is 267 g/mol. The third-order valence-corrected chi connectivity index (χ3v) is 3.00. The first-order valence-electron chi connectivity index (χ1n) is 6.15. The summed E-state index contributed by atoms with van der Waals surface area (Å²) in [6.07, 6.45) is 1.97. The third kappa shape index (κ3) is 3.08. The van der Waals surface area contributed by atoms with Crippen LogP contribution >= 0.6 is 0 Å². The molecule has 104 valence electrons. The van der Waals surface area contributed by atoms with E-state index >= 15 is 0 Å². The van der Waals surface area contributed by atoms with E-state index in [9.17, 15) is 9.59 Å². The highest BCUT2D eigenvalue weighted by atomic mass is 16.5. The Kier molecular flexibility index (Phi) is 4.10. The minimum atomic E-state index is -0.434. The zero-order chi connectivity index (χ0) is 13.8. The van der Waals surface area contributed by atoms with Gasteiger partial charge in [0.1, 0.15) is 0 Å². The standard InChI is InChI=1S/C11H17N5O3/c1-12-8(17)6-16(2)11(18)9-14-10(19-15-9)7-4-3-5-13-7/h7,13H,3-6H2,1-2H3,(H,12,17). The molecule has 0 saturated carbocycles. The highest BCUT2D eigenvalue weighted by Crippen LogP contribution is 2.21. The van der Waals surface area contributed by atoms with Crippen molar-refractivity contribution < 1.29 is 14.1 Å². The molecule has 0 radical (unpaired) electrons. The molecule has 1 aromatic rings. The van der Waals surface area contributed by atoms with Gasteiger partial charge in [-0.2, -0.15) is 4.98 Å². The van der Waals surface area contributed by atoms with Gasteiger partial charge in [-0.3, -0.25) is 9.59 Å². The minimum Gasteiger partial charge on any atom is -0.358 e. The summed E-state index contributed by atoms with van der Waals surface area (Å²) in [6, 6.07) is 0.0262. The molecule has 0 bridgehead atoms. The van der Waals surface area contributed by atoms with Gasteiger partial charge in [-0.1, -0.05) is 5.16 Å². The van der Waals surface area contributed by atoms with E-state index in [4.69, 9.17) is 4.52 Å². The van der Waals surface area contributed by atoms with Gasteiger partial charge in [0.15, 0.2) is 0 Å². The van der Waals surface area contributed by atoms with E-state index in [1.54, 1.807) is 0 Å². The van der Waals surface area contributed by atoms with Gasteiger partial charge in [0.25, 0.3) is 11.7 Å². The second-order valence-corrected chi connectivity index (χ2v) is 4.44. The number of carbonyl (C=O) groups is 2. The number of hydrogen-bond donors (Lipinski definition) is 2. The fourth-order valence-electron chi connectivity index (χ4n) is 1.90. The Hall–Kier alpha value is -1.96. The molecule has 0 spiro atoms. The Morgan fingerprint density at radius 1 is 1.58 bits per heavy atom. The zero-order valence-corrected chi connectivity index (χ0v) is 11.0. The van der Waals surface area contributed by atoms with Gasteiger partial charge in [-0.05, 0) is 19.4 Å². The van der Waals surface area contributed by atoms with Gasteiger partial charge in [0.05, 0.1) is 12.6 Å². The van der Waals surface area contributed by atoms with Crippen LogP contribution in [0.2, 0.25) is 0 Å². The summed E-state index contributed by atoms with van der Waals surface area (Å²) in [5.74, 6) is -0.280. The van der Waals surface area contributed by atoms with Crippen LogP contribution in [0, 0.1) is 0 Å². The van der Waals surface area contributed by atoms with E-state index in [2.05, 4.69) is 20.8 Å². The zero-order valence-electron chi connectivity index (χ0n) is 11.0. The van der Waals surface area contributed by atoms with Crippen molar-refractivity contribution in [3.05, 3.63) is 11.7 Å². The predicted molar refractivity (Wildman–Crippen MR) is 65.3 cm³/mol. The van der Waals surface area contributed by atoms with Crippen LogP contribution in [0.15, 0.2) is 4.52 Å². The molecule has 0 aliphatic carbocycles. The van der Waals surface area contributed by atoms with Crippen molar-refractivity contribution in [3.63, 3.8) is 0 Å². The number of hydrogen-bond acceptors (Lipinski definition) is 6. The smallest absolute Gasteiger partial charge is 0.295 e. The topological polar surface area (TPSA) is 100 Å². The van der Waals surface area contributed by atoms with Gasteiger partial charge >= 0.3 is 0 Å². The van der Waals surface area contributed by atoms with E-state index in [0.717, 1.165) is 19.4 Å². The van der Waals surface area contributed by atoms with Crippen molar-refractivity contribution in [2.24, 2.45) is 0 Å². The Morgan fingerprint density at radius 3 is 3.00 bits per heavy atom. The molecule has 2 amide bonds. The average molecular weight is 267 g/mol. The van der Waals surface area contributed by atoms with Crippen LogP contribution in [-0.4, -0.2) is 54.0 Å². The third-order valence-electron chi connectivity index (χ3n) is 3.00. The maximum Gasteiger partial charge on any atom is 0.295 e. The summed E-state index contributed by atoms with van der Waals surface area (Å²) in [4.78, 5) is 28.5. The highest BCUT2D eigenvalue weighted by Gasteiger charge is 2.25. The molecule has 8 nitrogen and oxygen atoms in total. The van der Waals surface area contributed by atoms with Crippen molar-refractivity contribution in [1.29, 1.82) is 0 Å². The molecule has 1 aromatic heterocycles. The highest BCUT2D eigenvalue weighted by molar-refractivity contribution is 5.93. The van der Waals surface area contributed by atoms with Crippen LogP contribution < -0.4 is 10.6 Å². The van der Waals surface area contributed by atoms with Gasteiger partial charge in [0.2, 0.25) is 11.8 Å². The van der Waals surface area contributed by atoms with Crippen LogP contribution in [0.4, 0.5) is 0 Å². The summed E-state index contributed by atoms with van der Waals surface area (Å²) >= 11 is 0. The molecule has 0 aromatic carbocycles. The van der Waals surface area contributed by atoms with Crippen molar-refractivity contribution in [1.82, 2.24) is 25.7 Å².